The highest BCUT2D eigenvalue weighted by atomic mass is 32.2. The van der Waals surface area contributed by atoms with E-state index in [1.54, 1.807) is 36.4 Å². The minimum atomic E-state index is -3.89. The fourth-order valence-corrected chi connectivity index (χ4v) is 5.11. The molecule has 1 aliphatic heterocycles. The first-order valence-corrected chi connectivity index (χ1v) is 11.8. The summed E-state index contributed by atoms with van der Waals surface area (Å²) in [6, 6.07) is 17.8. The first kappa shape index (κ1) is 21.9. The van der Waals surface area contributed by atoms with Gasteiger partial charge in [0.1, 0.15) is 5.75 Å². The molecule has 0 fully saturated rings. The van der Waals surface area contributed by atoms with Crippen LogP contribution in [-0.2, 0) is 14.8 Å². The van der Waals surface area contributed by atoms with Gasteiger partial charge in [0.05, 0.1) is 17.1 Å². The van der Waals surface area contributed by atoms with Gasteiger partial charge in [0, 0.05) is 5.69 Å². The molecular formula is C25H26N2O4S. The summed E-state index contributed by atoms with van der Waals surface area (Å²) in [5.41, 5.74) is 4.91. The lowest BCUT2D eigenvalue weighted by Gasteiger charge is -2.35. The number of amides is 1. The average Bonchev–Trinajstić information content (AvgIpc) is 2.75. The number of rotatable bonds is 4. The van der Waals surface area contributed by atoms with Gasteiger partial charge in [-0.05, 0) is 74.7 Å². The second kappa shape index (κ2) is 8.31. The number of aryl methyl sites for hydroxylation is 4. The molecule has 0 radical (unpaired) electrons. The van der Waals surface area contributed by atoms with E-state index in [2.05, 4.69) is 5.32 Å². The van der Waals surface area contributed by atoms with Gasteiger partial charge in [0.15, 0.2) is 6.10 Å². The van der Waals surface area contributed by atoms with Crippen molar-refractivity contribution >= 4 is 27.3 Å². The van der Waals surface area contributed by atoms with E-state index in [9.17, 15) is 13.2 Å². The number of hydrogen-bond acceptors (Lipinski definition) is 4. The molecule has 4 rings (SSSR count). The summed E-state index contributed by atoms with van der Waals surface area (Å²) in [4.78, 5) is 13.3. The number of sulfonamides is 1. The van der Waals surface area contributed by atoms with Crippen LogP contribution in [-0.4, -0.2) is 27.0 Å². The number of anilines is 2. The lowest BCUT2D eigenvalue weighted by molar-refractivity contribution is -0.122. The van der Waals surface area contributed by atoms with Crippen molar-refractivity contribution in [2.24, 2.45) is 0 Å². The van der Waals surface area contributed by atoms with Gasteiger partial charge in [-0.3, -0.25) is 9.10 Å². The summed E-state index contributed by atoms with van der Waals surface area (Å²) >= 11 is 0. The summed E-state index contributed by atoms with van der Waals surface area (Å²) in [5, 5.41) is 2.90. The zero-order valence-corrected chi connectivity index (χ0v) is 19.4. The Hall–Kier alpha value is -3.32. The largest absolute Gasteiger partial charge is 0.476 e. The van der Waals surface area contributed by atoms with Crippen LogP contribution in [0.15, 0.2) is 65.6 Å². The van der Waals surface area contributed by atoms with Gasteiger partial charge in [-0.25, -0.2) is 8.42 Å². The Morgan fingerprint density at radius 1 is 0.906 bits per heavy atom. The van der Waals surface area contributed by atoms with E-state index in [1.807, 2.05) is 52.0 Å². The van der Waals surface area contributed by atoms with E-state index >= 15 is 0 Å². The van der Waals surface area contributed by atoms with Crippen LogP contribution in [0.2, 0.25) is 0 Å². The molecule has 1 amide bonds. The molecule has 0 spiro atoms. The molecule has 1 heterocycles. The predicted molar refractivity (Wildman–Crippen MR) is 126 cm³/mol. The van der Waals surface area contributed by atoms with E-state index in [1.165, 1.54) is 4.31 Å². The lowest BCUT2D eigenvalue weighted by Crippen LogP contribution is -2.48. The van der Waals surface area contributed by atoms with Crippen LogP contribution < -0.4 is 14.4 Å². The number of ether oxygens (including phenoxy) is 1. The van der Waals surface area contributed by atoms with Crippen LogP contribution in [0.25, 0.3) is 0 Å². The minimum absolute atomic E-state index is 0.122. The third-order valence-corrected chi connectivity index (χ3v) is 7.33. The Morgan fingerprint density at radius 3 is 2.25 bits per heavy atom. The second-order valence-electron chi connectivity index (χ2n) is 8.23. The molecular weight excluding hydrogens is 424 g/mol. The number of carbonyl (C=O) groups is 1. The first-order valence-electron chi connectivity index (χ1n) is 10.4. The molecule has 3 aromatic rings. The molecule has 3 aromatic carbocycles. The molecule has 0 saturated carbocycles. The summed E-state index contributed by atoms with van der Waals surface area (Å²) in [6.07, 6.45) is -0.995. The zero-order chi connectivity index (χ0) is 23.0. The molecule has 0 saturated heterocycles. The van der Waals surface area contributed by atoms with Crippen LogP contribution in [0.5, 0.6) is 5.75 Å². The van der Waals surface area contributed by atoms with Gasteiger partial charge in [-0.2, -0.15) is 0 Å². The Morgan fingerprint density at radius 2 is 1.53 bits per heavy atom. The number of carbonyl (C=O) groups excluding carboxylic acids is 1. The third kappa shape index (κ3) is 4.21. The maximum atomic E-state index is 13.5. The smallest absolute Gasteiger partial charge is 0.267 e. The number of nitrogens with one attached hydrogen (secondary N) is 1. The fourth-order valence-electron chi connectivity index (χ4n) is 3.65. The minimum Gasteiger partial charge on any atom is -0.476 e. The Bertz CT molecular complexity index is 1280. The molecule has 0 bridgehead atoms. The van der Waals surface area contributed by atoms with Crippen molar-refractivity contribution in [1.82, 2.24) is 0 Å². The Kier molecular flexibility index (Phi) is 5.69. The summed E-state index contributed by atoms with van der Waals surface area (Å²) in [5.74, 6) is -0.0346. The van der Waals surface area contributed by atoms with Crippen molar-refractivity contribution in [2.75, 3.05) is 16.2 Å². The molecule has 6 nitrogen and oxygen atoms in total. The highest BCUT2D eigenvalue weighted by Gasteiger charge is 2.37. The second-order valence-corrected chi connectivity index (χ2v) is 10.1. The van der Waals surface area contributed by atoms with Gasteiger partial charge < -0.3 is 10.1 Å². The lowest BCUT2D eigenvalue weighted by atomic mass is 10.1. The highest BCUT2D eigenvalue weighted by Crippen LogP contribution is 2.38. The van der Waals surface area contributed by atoms with Crippen molar-refractivity contribution < 1.29 is 17.9 Å². The van der Waals surface area contributed by atoms with Crippen molar-refractivity contribution in [3.05, 3.63) is 82.9 Å². The number of benzene rings is 3. The van der Waals surface area contributed by atoms with Gasteiger partial charge in [-0.15, -0.1) is 0 Å². The normalized spacial score (nSPS) is 15.6. The van der Waals surface area contributed by atoms with Gasteiger partial charge in [-0.1, -0.05) is 35.9 Å². The van der Waals surface area contributed by atoms with Crippen LogP contribution in [0.1, 0.15) is 22.3 Å². The maximum absolute atomic E-state index is 13.5. The summed E-state index contributed by atoms with van der Waals surface area (Å²) in [7, 11) is -3.89. The average molecular weight is 451 g/mol. The summed E-state index contributed by atoms with van der Waals surface area (Å²) in [6.45, 7) is 7.51. The van der Waals surface area contributed by atoms with E-state index < -0.39 is 22.0 Å². The molecule has 1 aliphatic rings. The third-order valence-electron chi connectivity index (χ3n) is 5.54. The highest BCUT2D eigenvalue weighted by molar-refractivity contribution is 7.92. The van der Waals surface area contributed by atoms with Crippen molar-refractivity contribution in [3.8, 4) is 5.75 Å². The topological polar surface area (TPSA) is 75.7 Å². The van der Waals surface area contributed by atoms with Crippen molar-refractivity contribution in [1.29, 1.82) is 0 Å². The number of fused-ring (bicyclic) bond motifs is 1. The molecule has 0 aromatic heterocycles. The zero-order valence-electron chi connectivity index (χ0n) is 18.5. The standard InChI is InChI=1S/C25H26N2O4S/c1-16-6-10-20(11-7-16)32(29,30)27-15-24(31-23-12-8-18(3)14-22(23)27)25(28)26-21-13-17(2)5-9-19(21)4/h5-14,24H,15H2,1-4H3,(H,26,28). The Balaban J connectivity index is 1.70. The van der Waals surface area contributed by atoms with Crippen LogP contribution in [0.4, 0.5) is 11.4 Å². The van der Waals surface area contributed by atoms with Crippen LogP contribution in [0.3, 0.4) is 0 Å². The van der Waals surface area contributed by atoms with Gasteiger partial charge >= 0.3 is 0 Å². The molecule has 7 heteroatoms. The maximum Gasteiger partial charge on any atom is 0.267 e. The van der Waals surface area contributed by atoms with Gasteiger partial charge in [0.25, 0.3) is 15.9 Å². The molecule has 0 aliphatic carbocycles. The fraction of sp³-hybridized carbons (Fsp3) is 0.240. The molecule has 1 unspecified atom stereocenters. The van der Waals surface area contributed by atoms with Crippen molar-refractivity contribution in [2.45, 2.75) is 38.7 Å². The number of hydrogen-bond donors (Lipinski definition) is 1. The molecule has 1 atom stereocenters. The molecule has 1 N–H and O–H groups in total. The SMILES string of the molecule is Cc1ccc(S(=O)(=O)N2CC(C(=O)Nc3cc(C)ccc3C)Oc3ccc(C)cc32)cc1. The van der Waals surface area contributed by atoms with E-state index in [0.29, 0.717) is 17.1 Å². The van der Waals surface area contributed by atoms with E-state index in [0.717, 1.165) is 22.3 Å². The first-order chi connectivity index (χ1) is 15.1. The number of nitrogens with zero attached hydrogens (tertiary/aromatic N) is 1. The van der Waals surface area contributed by atoms with Crippen molar-refractivity contribution in [3.63, 3.8) is 0 Å². The van der Waals surface area contributed by atoms with Gasteiger partial charge in [0.2, 0.25) is 0 Å². The summed E-state index contributed by atoms with van der Waals surface area (Å²) < 4.78 is 34.3. The molecule has 32 heavy (non-hydrogen) atoms. The quantitative estimate of drug-likeness (QED) is 0.634. The monoisotopic (exact) mass is 450 g/mol. The molecule has 166 valence electrons. The van der Waals surface area contributed by atoms with Crippen LogP contribution >= 0.6 is 0 Å². The van der Waals surface area contributed by atoms with E-state index in [-0.39, 0.29) is 11.4 Å². The van der Waals surface area contributed by atoms with E-state index in [4.69, 9.17) is 4.74 Å². The Labute approximate surface area is 188 Å². The predicted octanol–water partition coefficient (Wildman–Crippen LogP) is 4.52. The van der Waals surface area contributed by atoms with Crippen LogP contribution in [0, 0.1) is 27.7 Å².